The topological polar surface area (TPSA) is 44.4 Å². The zero-order chi connectivity index (χ0) is 15.2. The van der Waals surface area contributed by atoms with Crippen molar-refractivity contribution in [3.63, 3.8) is 0 Å². The van der Waals surface area contributed by atoms with Gasteiger partial charge in [0, 0.05) is 23.3 Å². The summed E-state index contributed by atoms with van der Waals surface area (Å²) in [6.45, 7) is 7.35. The minimum Gasteiger partial charge on any atom is -0.325 e. The fourth-order valence-electron chi connectivity index (χ4n) is 2.60. The second-order valence-corrected chi connectivity index (χ2v) is 6.04. The molecule has 1 saturated heterocycles. The van der Waals surface area contributed by atoms with Crippen molar-refractivity contribution in [1.82, 2.24) is 10.2 Å². The number of aryl methyl sites for hydroxylation is 1. The van der Waals surface area contributed by atoms with Gasteiger partial charge in [0.1, 0.15) is 0 Å². The standard InChI is InChI=1S/C16H24ClN3O/c1-3-20(10-14-5-4-8-18-14)11-16(21)19-13-7-6-12(2)15(17)9-13/h6-7,9,14,18H,3-5,8,10-11H2,1-2H3,(H,19,21). The Hall–Kier alpha value is -1.10. The number of hydrogen-bond donors (Lipinski definition) is 2. The van der Waals surface area contributed by atoms with Gasteiger partial charge in [-0.15, -0.1) is 0 Å². The van der Waals surface area contributed by atoms with Crippen LogP contribution >= 0.6 is 11.6 Å². The molecule has 2 N–H and O–H groups in total. The van der Waals surface area contributed by atoms with E-state index in [1.807, 2.05) is 19.1 Å². The summed E-state index contributed by atoms with van der Waals surface area (Å²) in [4.78, 5) is 14.3. The third kappa shape index (κ3) is 4.99. The lowest BCUT2D eigenvalue weighted by molar-refractivity contribution is -0.117. The van der Waals surface area contributed by atoms with Gasteiger partial charge in [0.15, 0.2) is 0 Å². The number of benzene rings is 1. The first-order valence-corrected chi connectivity index (χ1v) is 7.98. The number of nitrogens with zero attached hydrogens (tertiary/aromatic N) is 1. The molecule has 116 valence electrons. The number of likely N-dealkylation sites (N-methyl/N-ethyl adjacent to an activating group) is 1. The number of amides is 1. The second-order valence-electron chi connectivity index (χ2n) is 5.63. The van der Waals surface area contributed by atoms with Crippen LogP contribution in [0.25, 0.3) is 0 Å². The molecule has 0 saturated carbocycles. The fraction of sp³-hybridized carbons (Fsp3) is 0.562. The Bertz CT molecular complexity index is 486. The van der Waals surface area contributed by atoms with E-state index in [1.165, 1.54) is 12.8 Å². The highest BCUT2D eigenvalue weighted by Crippen LogP contribution is 2.19. The van der Waals surface area contributed by atoms with Crippen molar-refractivity contribution in [1.29, 1.82) is 0 Å². The fourth-order valence-corrected chi connectivity index (χ4v) is 2.78. The molecule has 1 aromatic carbocycles. The molecule has 1 atom stereocenters. The molecule has 1 fully saturated rings. The van der Waals surface area contributed by atoms with Gasteiger partial charge in [-0.3, -0.25) is 9.69 Å². The normalized spacial score (nSPS) is 18.2. The van der Waals surface area contributed by atoms with Crippen LogP contribution in [-0.2, 0) is 4.79 Å². The van der Waals surface area contributed by atoms with Gasteiger partial charge < -0.3 is 10.6 Å². The first-order chi connectivity index (χ1) is 10.1. The minimum absolute atomic E-state index is 0.00904. The molecule has 1 aliphatic rings. The number of halogens is 1. The third-order valence-electron chi connectivity index (χ3n) is 3.91. The number of hydrogen-bond acceptors (Lipinski definition) is 3. The van der Waals surface area contributed by atoms with Crippen LogP contribution in [0, 0.1) is 6.92 Å². The van der Waals surface area contributed by atoms with Gasteiger partial charge in [0.25, 0.3) is 0 Å². The molecule has 0 aliphatic carbocycles. The predicted molar refractivity (Wildman–Crippen MR) is 88.0 cm³/mol. The summed E-state index contributed by atoms with van der Waals surface area (Å²) in [6.07, 6.45) is 2.43. The van der Waals surface area contributed by atoms with Crippen LogP contribution in [-0.4, -0.2) is 43.0 Å². The van der Waals surface area contributed by atoms with Gasteiger partial charge >= 0.3 is 0 Å². The molecular weight excluding hydrogens is 286 g/mol. The average molecular weight is 310 g/mol. The quantitative estimate of drug-likeness (QED) is 0.849. The number of carbonyl (C=O) groups is 1. The van der Waals surface area contributed by atoms with E-state index < -0.39 is 0 Å². The molecule has 1 amide bonds. The van der Waals surface area contributed by atoms with Gasteiger partial charge in [-0.25, -0.2) is 0 Å². The maximum atomic E-state index is 12.1. The van der Waals surface area contributed by atoms with Crippen LogP contribution in [0.3, 0.4) is 0 Å². The van der Waals surface area contributed by atoms with Crippen molar-refractivity contribution < 1.29 is 4.79 Å². The van der Waals surface area contributed by atoms with Gasteiger partial charge in [-0.1, -0.05) is 24.6 Å². The second kappa shape index (κ2) is 7.78. The van der Waals surface area contributed by atoms with Crippen molar-refractivity contribution in [2.45, 2.75) is 32.7 Å². The molecule has 1 aromatic rings. The van der Waals surface area contributed by atoms with Crippen LogP contribution in [0.4, 0.5) is 5.69 Å². The summed E-state index contributed by atoms with van der Waals surface area (Å²) < 4.78 is 0. The van der Waals surface area contributed by atoms with Crippen molar-refractivity contribution in [2.75, 3.05) is 31.5 Å². The van der Waals surface area contributed by atoms with E-state index in [2.05, 4.69) is 22.5 Å². The maximum Gasteiger partial charge on any atom is 0.238 e. The highest BCUT2D eigenvalue weighted by Gasteiger charge is 2.18. The summed E-state index contributed by atoms with van der Waals surface area (Å²) in [7, 11) is 0. The number of carbonyl (C=O) groups excluding carboxylic acids is 1. The smallest absolute Gasteiger partial charge is 0.238 e. The molecule has 21 heavy (non-hydrogen) atoms. The van der Waals surface area contributed by atoms with E-state index in [-0.39, 0.29) is 5.91 Å². The zero-order valence-corrected chi connectivity index (χ0v) is 13.5. The molecule has 1 aliphatic heterocycles. The Labute approximate surface area is 131 Å². The summed E-state index contributed by atoms with van der Waals surface area (Å²) in [5.74, 6) is 0.00904. The van der Waals surface area contributed by atoms with Crippen molar-refractivity contribution in [2.24, 2.45) is 0 Å². The van der Waals surface area contributed by atoms with Gasteiger partial charge in [0.2, 0.25) is 5.91 Å². The molecule has 0 radical (unpaired) electrons. The number of nitrogens with one attached hydrogen (secondary N) is 2. The molecule has 4 nitrogen and oxygen atoms in total. The summed E-state index contributed by atoms with van der Waals surface area (Å²) in [5.41, 5.74) is 1.77. The van der Waals surface area contributed by atoms with Crippen LogP contribution in [0.1, 0.15) is 25.3 Å². The molecule has 2 rings (SSSR count). The zero-order valence-electron chi connectivity index (χ0n) is 12.8. The van der Waals surface area contributed by atoms with E-state index in [0.717, 1.165) is 30.9 Å². The molecule has 5 heteroatoms. The lowest BCUT2D eigenvalue weighted by atomic mass is 10.2. The first-order valence-electron chi connectivity index (χ1n) is 7.60. The highest BCUT2D eigenvalue weighted by atomic mass is 35.5. The number of anilines is 1. The van der Waals surface area contributed by atoms with Crippen molar-refractivity contribution in [3.8, 4) is 0 Å². The lowest BCUT2D eigenvalue weighted by Crippen LogP contribution is -2.41. The van der Waals surface area contributed by atoms with Crippen molar-refractivity contribution in [3.05, 3.63) is 28.8 Å². The molecule has 1 heterocycles. The van der Waals surface area contributed by atoms with E-state index in [9.17, 15) is 4.79 Å². The molecular formula is C16H24ClN3O. The SMILES string of the molecule is CCN(CC(=O)Nc1ccc(C)c(Cl)c1)CC1CCCN1. The summed E-state index contributed by atoms with van der Waals surface area (Å²) in [6, 6.07) is 6.11. The molecule has 0 spiro atoms. The van der Waals surface area contributed by atoms with Crippen LogP contribution in [0.15, 0.2) is 18.2 Å². The molecule has 0 aromatic heterocycles. The van der Waals surface area contributed by atoms with Crippen LogP contribution in [0.2, 0.25) is 5.02 Å². The Balaban J connectivity index is 1.85. The Morgan fingerprint density at radius 1 is 1.52 bits per heavy atom. The van der Waals surface area contributed by atoms with E-state index in [0.29, 0.717) is 17.6 Å². The Morgan fingerprint density at radius 2 is 2.33 bits per heavy atom. The maximum absolute atomic E-state index is 12.1. The van der Waals surface area contributed by atoms with Crippen LogP contribution in [0.5, 0.6) is 0 Å². The Morgan fingerprint density at radius 3 is 2.95 bits per heavy atom. The van der Waals surface area contributed by atoms with E-state index in [1.54, 1.807) is 6.07 Å². The van der Waals surface area contributed by atoms with E-state index in [4.69, 9.17) is 11.6 Å². The van der Waals surface area contributed by atoms with Crippen LogP contribution < -0.4 is 10.6 Å². The first kappa shape index (κ1) is 16.3. The summed E-state index contributed by atoms with van der Waals surface area (Å²) in [5, 5.41) is 7.06. The molecule has 0 bridgehead atoms. The third-order valence-corrected chi connectivity index (χ3v) is 4.32. The number of rotatable bonds is 6. The van der Waals surface area contributed by atoms with Crippen molar-refractivity contribution >= 4 is 23.2 Å². The van der Waals surface area contributed by atoms with E-state index >= 15 is 0 Å². The Kier molecular flexibility index (Phi) is 6.03. The molecule has 1 unspecified atom stereocenters. The highest BCUT2D eigenvalue weighted by molar-refractivity contribution is 6.31. The van der Waals surface area contributed by atoms with Gasteiger partial charge in [0.05, 0.1) is 6.54 Å². The monoisotopic (exact) mass is 309 g/mol. The van der Waals surface area contributed by atoms with Gasteiger partial charge in [-0.2, -0.15) is 0 Å². The predicted octanol–water partition coefficient (Wildman–Crippen LogP) is 2.66. The largest absolute Gasteiger partial charge is 0.325 e. The van der Waals surface area contributed by atoms with Gasteiger partial charge in [-0.05, 0) is 50.6 Å². The lowest BCUT2D eigenvalue weighted by Gasteiger charge is -2.23. The average Bonchev–Trinajstić information content (AvgIpc) is 2.95. The minimum atomic E-state index is 0.00904. The summed E-state index contributed by atoms with van der Waals surface area (Å²) >= 11 is 6.07.